The SMILES string of the molecule is O=C(c1cc2ccccc2[nH]1)N1CCn2nc(N(Cl)C(=O)C3CCNCC3)cc2C1. The van der Waals surface area contributed by atoms with Crippen molar-refractivity contribution in [1.29, 1.82) is 0 Å². The summed E-state index contributed by atoms with van der Waals surface area (Å²) >= 11 is 6.35. The van der Waals surface area contributed by atoms with Crippen LogP contribution in [0.1, 0.15) is 29.0 Å². The first-order valence-corrected chi connectivity index (χ1v) is 10.6. The van der Waals surface area contributed by atoms with E-state index in [0.29, 0.717) is 31.1 Å². The summed E-state index contributed by atoms with van der Waals surface area (Å²) in [6, 6.07) is 11.5. The molecule has 4 heterocycles. The maximum atomic E-state index is 13.0. The van der Waals surface area contributed by atoms with Crippen LogP contribution in [-0.2, 0) is 17.9 Å². The van der Waals surface area contributed by atoms with Crippen molar-refractivity contribution in [1.82, 2.24) is 25.0 Å². The van der Waals surface area contributed by atoms with Crippen LogP contribution in [0.4, 0.5) is 5.82 Å². The standard InChI is InChI=1S/C21H23ClN6O2/c22-28(20(29)14-5-7-23-8-6-14)19-12-16-13-26(9-10-27(16)25-19)21(30)18-11-15-3-1-2-4-17(15)24-18/h1-4,11-12,14,23-24H,5-10,13H2. The van der Waals surface area contributed by atoms with E-state index in [1.807, 2.05) is 35.0 Å². The number of benzene rings is 1. The van der Waals surface area contributed by atoms with Crippen molar-refractivity contribution in [3.8, 4) is 0 Å². The lowest BCUT2D eigenvalue weighted by atomic mass is 9.97. The molecule has 2 aliphatic rings. The van der Waals surface area contributed by atoms with Crippen molar-refractivity contribution >= 4 is 40.3 Å². The Labute approximate surface area is 178 Å². The van der Waals surface area contributed by atoms with Gasteiger partial charge in [0.15, 0.2) is 5.82 Å². The molecule has 8 nitrogen and oxygen atoms in total. The average molecular weight is 427 g/mol. The Kier molecular flexibility index (Phi) is 4.96. The highest BCUT2D eigenvalue weighted by atomic mass is 35.5. The molecule has 30 heavy (non-hydrogen) atoms. The molecule has 2 aromatic heterocycles. The van der Waals surface area contributed by atoms with Gasteiger partial charge in [0.05, 0.1) is 18.8 Å². The number of piperidine rings is 1. The monoisotopic (exact) mass is 426 g/mol. The molecule has 0 bridgehead atoms. The van der Waals surface area contributed by atoms with E-state index < -0.39 is 0 Å². The van der Waals surface area contributed by atoms with E-state index in [4.69, 9.17) is 11.8 Å². The molecule has 0 atom stereocenters. The van der Waals surface area contributed by atoms with E-state index in [1.165, 1.54) is 0 Å². The predicted molar refractivity (Wildman–Crippen MR) is 114 cm³/mol. The number of carbonyl (C=O) groups excluding carboxylic acids is 2. The normalized spacial score (nSPS) is 17.2. The number of aromatic nitrogens is 3. The summed E-state index contributed by atoms with van der Waals surface area (Å²) in [5.41, 5.74) is 2.38. The Morgan fingerprint density at radius 3 is 2.73 bits per heavy atom. The van der Waals surface area contributed by atoms with Gasteiger partial charge in [-0.15, -0.1) is 0 Å². The van der Waals surface area contributed by atoms with E-state index in [2.05, 4.69) is 15.4 Å². The Balaban J connectivity index is 1.31. The molecule has 0 unspecified atom stereocenters. The molecule has 2 aliphatic heterocycles. The van der Waals surface area contributed by atoms with Crippen molar-refractivity contribution in [2.45, 2.75) is 25.9 Å². The average Bonchev–Trinajstić information content (AvgIpc) is 3.41. The quantitative estimate of drug-likeness (QED) is 0.630. The molecular formula is C21H23ClN6O2. The van der Waals surface area contributed by atoms with Gasteiger partial charge < -0.3 is 15.2 Å². The Morgan fingerprint density at radius 1 is 1.13 bits per heavy atom. The molecule has 9 heteroatoms. The number of hydrogen-bond donors (Lipinski definition) is 2. The van der Waals surface area contributed by atoms with E-state index >= 15 is 0 Å². The fourth-order valence-electron chi connectivity index (χ4n) is 4.22. The smallest absolute Gasteiger partial charge is 0.270 e. The minimum Gasteiger partial charge on any atom is -0.351 e. The summed E-state index contributed by atoms with van der Waals surface area (Å²) in [7, 11) is 0. The molecule has 156 valence electrons. The maximum Gasteiger partial charge on any atom is 0.270 e. The number of aromatic amines is 1. The number of nitrogens with one attached hydrogen (secondary N) is 2. The van der Waals surface area contributed by atoms with Crippen molar-refractivity contribution < 1.29 is 9.59 Å². The van der Waals surface area contributed by atoms with Crippen molar-refractivity contribution in [2.75, 3.05) is 24.1 Å². The number of carbonyl (C=O) groups is 2. The second-order valence-corrected chi connectivity index (χ2v) is 8.20. The van der Waals surface area contributed by atoms with Gasteiger partial charge in [-0.1, -0.05) is 18.2 Å². The molecule has 5 rings (SSSR count). The number of anilines is 1. The van der Waals surface area contributed by atoms with Gasteiger partial charge >= 0.3 is 0 Å². The lowest BCUT2D eigenvalue weighted by Crippen LogP contribution is -2.38. The predicted octanol–water partition coefficient (Wildman–Crippen LogP) is 2.51. The van der Waals surface area contributed by atoms with Gasteiger partial charge in [-0.3, -0.25) is 14.3 Å². The first-order valence-electron chi connectivity index (χ1n) is 10.2. The Bertz CT molecular complexity index is 1070. The molecule has 3 aromatic rings. The number of nitrogens with zero attached hydrogens (tertiary/aromatic N) is 4. The van der Waals surface area contributed by atoms with Crippen LogP contribution in [0, 0.1) is 5.92 Å². The molecule has 0 saturated carbocycles. The lowest BCUT2D eigenvalue weighted by molar-refractivity contribution is -0.121. The number of hydrogen-bond acceptors (Lipinski definition) is 4. The molecule has 2 amide bonds. The van der Waals surface area contributed by atoms with Gasteiger partial charge in [-0.2, -0.15) is 5.10 Å². The molecule has 0 aliphatic carbocycles. The summed E-state index contributed by atoms with van der Waals surface area (Å²) < 4.78 is 2.97. The van der Waals surface area contributed by atoms with Crippen LogP contribution in [0.5, 0.6) is 0 Å². The van der Waals surface area contributed by atoms with Gasteiger partial charge in [0.25, 0.3) is 5.91 Å². The zero-order valence-corrected chi connectivity index (χ0v) is 17.2. The molecule has 1 aromatic carbocycles. The first kappa shape index (κ1) is 19.1. The summed E-state index contributed by atoms with van der Waals surface area (Å²) in [4.78, 5) is 30.7. The van der Waals surface area contributed by atoms with E-state index in [1.54, 1.807) is 11.0 Å². The Hall–Kier alpha value is -2.84. The third-order valence-corrected chi connectivity index (χ3v) is 6.26. The minimum absolute atomic E-state index is 0.0475. The molecule has 1 saturated heterocycles. The second kappa shape index (κ2) is 7.77. The highest BCUT2D eigenvalue weighted by molar-refractivity contribution is 6.36. The number of H-pyrrole nitrogens is 1. The lowest BCUT2D eigenvalue weighted by Gasteiger charge is -2.27. The van der Waals surface area contributed by atoms with Crippen LogP contribution < -0.4 is 9.74 Å². The number of halogens is 1. The van der Waals surface area contributed by atoms with Gasteiger partial charge in [-0.05, 0) is 38.1 Å². The third kappa shape index (κ3) is 3.46. The first-order chi connectivity index (χ1) is 14.6. The molecular weight excluding hydrogens is 404 g/mol. The van der Waals surface area contributed by atoms with Crippen LogP contribution >= 0.6 is 11.8 Å². The van der Waals surface area contributed by atoms with E-state index in [9.17, 15) is 9.59 Å². The molecule has 0 radical (unpaired) electrons. The van der Waals surface area contributed by atoms with Crippen LogP contribution in [0.25, 0.3) is 10.9 Å². The van der Waals surface area contributed by atoms with Crippen molar-refractivity contribution in [3.63, 3.8) is 0 Å². The van der Waals surface area contributed by atoms with Gasteiger partial charge in [0.1, 0.15) is 5.69 Å². The van der Waals surface area contributed by atoms with Crippen LogP contribution in [0.3, 0.4) is 0 Å². The third-order valence-electron chi connectivity index (χ3n) is 5.92. The summed E-state index contributed by atoms with van der Waals surface area (Å²) in [6.45, 7) is 3.19. The zero-order chi connectivity index (χ0) is 20.7. The van der Waals surface area contributed by atoms with Gasteiger partial charge in [-0.25, -0.2) is 4.42 Å². The number of amides is 2. The van der Waals surface area contributed by atoms with Crippen molar-refractivity contribution in [3.05, 3.63) is 47.8 Å². The molecule has 1 fully saturated rings. The van der Waals surface area contributed by atoms with Gasteiger partial charge in [0, 0.05) is 41.2 Å². The highest BCUT2D eigenvalue weighted by Gasteiger charge is 2.30. The van der Waals surface area contributed by atoms with Crippen molar-refractivity contribution in [2.24, 2.45) is 5.92 Å². The zero-order valence-electron chi connectivity index (χ0n) is 16.5. The summed E-state index contributed by atoms with van der Waals surface area (Å²) in [5.74, 6) is 0.186. The molecule has 0 spiro atoms. The minimum atomic E-state index is -0.111. The number of para-hydroxylation sites is 1. The van der Waals surface area contributed by atoms with Crippen LogP contribution in [-0.4, -0.2) is 51.1 Å². The van der Waals surface area contributed by atoms with Crippen LogP contribution in [0.15, 0.2) is 36.4 Å². The fraction of sp³-hybridized carbons (Fsp3) is 0.381. The fourth-order valence-corrected chi connectivity index (χ4v) is 4.44. The largest absolute Gasteiger partial charge is 0.351 e. The van der Waals surface area contributed by atoms with Crippen LogP contribution in [0.2, 0.25) is 0 Å². The summed E-state index contributed by atoms with van der Waals surface area (Å²) in [6.07, 6.45) is 1.56. The summed E-state index contributed by atoms with van der Waals surface area (Å²) in [5, 5.41) is 8.76. The topological polar surface area (TPSA) is 86.3 Å². The Morgan fingerprint density at radius 2 is 1.93 bits per heavy atom. The molecule has 2 N–H and O–H groups in total. The second-order valence-electron chi connectivity index (χ2n) is 7.86. The maximum absolute atomic E-state index is 13.0. The number of rotatable bonds is 3. The van der Waals surface area contributed by atoms with E-state index in [-0.39, 0.29) is 17.7 Å². The number of fused-ring (bicyclic) bond motifs is 2. The highest BCUT2D eigenvalue weighted by Crippen LogP contribution is 2.26. The van der Waals surface area contributed by atoms with E-state index in [0.717, 1.165) is 46.9 Å². The van der Waals surface area contributed by atoms with Gasteiger partial charge in [0.2, 0.25) is 5.91 Å².